The Bertz CT molecular complexity index is 672. The Labute approximate surface area is 142 Å². The summed E-state index contributed by atoms with van der Waals surface area (Å²) in [5.41, 5.74) is 2.39. The van der Waals surface area contributed by atoms with Crippen LogP contribution in [0.1, 0.15) is 35.8 Å². The van der Waals surface area contributed by atoms with E-state index in [-0.39, 0.29) is 30.4 Å². The summed E-state index contributed by atoms with van der Waals surface area (Å²) in [5.74, 6) is -0.167. The second kappa shape index (κ2) is 7.57. The molecular weight excluding hydrogens is 314 g/mol. The average Bonchev–Trinajstić information content (AvgIpc) is 2.99. The lowest BCUT2D eigenvalue weighted by Gasteiger charge is -2.30. The number of aryl methyl sites for hydroxylation is 1. The molecule has 0 aliphatic carbocycles. The molecule has 1 aliphatic heterocycles. The standard InChI is InChI=1S/C16H21N5O.ClH/c1-11-5-3-6-13(9-11)21-10-15(19-20-21)16(22)18-14-7-4-8-17-12(14)2;/h3,5-6,9-10,12,14,17H,4,7-8H2,1-2H3,(H,18,22);1H. The molecule has 2 heterocycles. The molecule has 0 bridgehead atoms. The Morgan fingerprint density at radius 2 is 2.26 bits per heavy atom. The van der Waals surface area contributed by atoms with E-state index < -0.39 is 0 Å². The molecule has 3 rings (SSSR count). The molecular formula is C16H22ClN5O. The number of aromatic nitrogens is 3. The highest BCUT2D eigenvalue weighted by Gasteiger charge is 2.24. The zero-order chi connectivity index (χ0) is 15.5. The molecule has 124 valence electrons. The summed E-state index contributed by atoms with van der Waals surface area (Å²) in [6, 6.07) is 8.35. The quantitative estimate of drug-likeness (QED) is 0.898. The van der Waals surface area contributed by atoms with Crippen molar-refractivity contribution in [3.63, 3.8) is 0 Å². The van der Waals surface area contributed by atoms with Crippen molar-refractivity contribution < 1.29 is 4.79 Å². The van der Waals surface area contributed by atoms with Crippen LogP contribution in [0.5, 0.6) is 0 Å². The van der Waals surface area contributed by atoms with Crippen molar-refractivity contribution in [2.75, 3.05) is 6.54 Å². The van der Waals surface area contributed by atoms with E-state index in [9.17, 15) is 4.79 Å². The summed E-state index contributed by atoms with van der Waals surface area (Å²) in [5, 5.41) is 14.5. The lowest BCUT2D eigenvalue weighted by atomic mass is 10.00. The first kappa shape index (κ1) is 17.4. The van der Waals surface area contributed by atoms with Gasteiger partial charge in [-0.05, 0) is 50.9 Å². The molecule has 6 nitrogen and oxygen atoms in total. The van der Waals surface area contributed by atoms with Crippen molar-refractivity contribution in [3.8, 4) is 5.69 Å². The van der Waals surface area contributed by atoms with Gasteiger partial charge in [0.05, 0.1) is 11.9 Å². The van der Waals surface area contributed by atoms with Gasteiger partial charge in [0.25, 0.3) is 5.91 Å². The molecule has 1 amide bonds. The van der Waals surface area contributed by atoms with Gasteiger partial charge < -0.3 is 10.6 Å². The number of nitrogens with zero attached hydrogens (tertiary/aromatic N) is 3. The van der Waals surface area contributed by atoms with E-state index in [1.54, 1.807) is 10.9 Å². The number of piperidine rings is 1. The summed E-state index contributed by atoms with van der Waals surface area (Å²) < 4.78 is 1.63. The van der Waals surface area contributed by atoms with E-state index >= 15 is 0 Å². The Kier molecular flexibility index (Phi) is 5.74. The Morgan fingerprint density at radius 1 is 1.43 bits per heavy atom. The molecule has 0 radical (unpaired) electrons. The molecule has 1 aliphatic rings. The minimum Gasteiger partial charge on any atom is -0.346 e. The topological polar surface area (TPSA) is 71.8 Å². The fourth-order valence-electron chi connectivity index (χ4n) is 2.75. The minimum atomic E-state index is -0.167. The molecule has 2 aromatic rings. The summed E-state index contributed by atoms with van der Waals surface area (Å²) in [7, 11) is 0. The van der Waals surface area contributed by atoms with Gasteiger partial charge in [-0.1, -0.05) is 17.3 Å². The molecule has 7 heteroatoms. The number of benzene rings is 1. The van der Waals surface area contributed by atoms with E-state index in [4.69, 9.17) is 0 Å². The molecule has 0 saturated carbocycles. The van der Waals surface area contributed by atoms with Crippen molar-refractivity contribution in [2.24, 2.45) is 0 Å². The minimum absolute atomic E-state index is 0. The first-order valence-corrected chi connectivity index (χ1v) is 7.67. The monoisotopic (exact) mass is 335 g/mol. The second-order valence-electron chi connectivity index (χ2n) is 5.85. The molecule has 2 atom stereocenters. The van der Waals surface area contributed by atoms with Crippen molar-refractivity contribution >= 4 is 18.3 Å². The van der Waals surface area contributed by atoms with Crippen LogP contribution in [0.2, 0.25) is 0 Å². The zero-order valence-electron chi connectivity index (χ0n) is 13.3. The van der Waals surface area contributed by atoms with Crippen LogP contribution in [0.3, 0.4) is 0 Å². The first-order valence-electron chi connectivity index (χ1n) is 7.67. The van der Waals surface area contributed by atoms with Crippen molar-refractivity contribution in [2.45, 2.75) is 38.8 Å². The third-order valence-corrected chi connectivity index (χ3v) is 4.07. The second-order valence-corrected chi connectivity index (χ2v) is 5.85. The lowest BCUT2D eigenvalue weighted by molar-refractivity contribution is 0.0914. The van der Waals surface area contributed by atoms with Gasteiger partial charge in [0.1, 0.15) is 0 Å². The lowest BCUT2D eigenvalue weighted by Crippen LogP contribution is -2.51. The Hall–Kier alpha value is -1.92. The average molecular weight is 336 g/mol. The van der Waals surface area contributed by atoms with Crippen molar-refractivity contribution in [3.05, 3.63) is 41.7 Å². The third-order valence-electron chi connectivity index (χ3n) is 4.07. The van der Waals surface area contributed by atoms with Crippen LogP contribution in [0.15, 0.2) is 30.5 Å². The Morgan fingerprint density at radius 3 is 3.00 bits per heavy atom. The fourth-order valence-corrected chi connectivity index (χ4v) is 2.75. The maximum Gasteiger partial charge on any atom is 0.273 e. The molecule has 0 spiro atoms. The third kappa shape index (κ3) is 4.09. The van der Waals surface area contributed by atoms with Gasteiger partial charge in [-0.25, -0.2) is 4.68 Å². The molecule has 23 heavy (non-hydrogen) atoms. The number of carbonyl (C=O) groups excluding carboxylic acids is 1. The highest BCUT2D eigenvalue weighted by Crippen LogP contribution is 2.11. The number of nitrogens with one attached hydrogen (secondary N) is 2. The van der Waals surface area contributed by atoms with Gasteiger partial charge >= 0.3 is 0 Å². The highest BCUT2D eigenvalue weighted by molar-refractivity contribution is 5.92. The normalized spacial score (nSPS) is 20.6. The van der Waals surface area contributed by atoms with Crippen LogP contribution in [-0.4, -0.2) is 39.5 Å². The van der Waals surface area contributed by atoms with Gasteiger partial charge in [0.15, 0.2) is 5.69 Å². The van der Waals surface area contributed by atoms with Crippen molar-refractivity contribution in [1.29, 1.82) is 0 Å². The molecule has 1 aromatic heterocycles. The first-order chi connectivity index (χ1) is 10.6. The number of rotatable bonds is 3. The molecule has 2 N–H and O–H groups in total. The summed E-state index contributed by atoms with van der Waals surface area (Å²) >= 11 is 0. The molecule has 1 saturated heterocycles. The molecule has 2 unspecified atom stereocenters. The van der Waals surface area contributed by atoms with E-state index in [0.717, 1.165) is 30.6 Å². The van der Waals surface area contributed by atoms with Crippen molar-refractivity contribution in [1.82, 2.24) is 25.6 Å². The summed E-state index contributed by atoms with van der Waals surface area (Å²) in [6.45, 7) is 5.12. The largest absolute Gasteiger partial charge is 0.346 e. The van der Waals surface area contributed by atoms with E-state index in [2.05, 4.69) is 27.9 Å². The van der Waals surface area contributed by atoms with Crippen LogP contribution in [0, 0.1) is 6.92 Å². The zero-order valence-corrected chi connectivity index (χ0v) is 14.1. The molecule has 1 aromatic carbocycles. The predicted octanol–water partition coefficient (Wildman–Crippen LogP) is 1.87. The van der Waals surface area contributed by atoms with Crippen LogP contribution in [0.4, 0.5) is 0 Å². The van der Waals surface area contributed by atoms with E-state index in [1.165, 1.54) is 0 Å². The molecule has 1 fully saturated rings. The smallest absolute Gasteiger partial charge is 0.273 e. The van der Waals surface area contributed by atoms with Gasteiger partial charge in [0, 0.05) is 12.1 Å². The Balaban J connectivity index is 0.00000192. The van der Waals surface area contributed by atoms with Gasteiger partial charge in [-0.15, -0.1) is 17.5 Å². The van der Waals surface area contributed by atoms with Gasteiger partial charge in [-0.3, -0.25) is 4.79 Å². The van der Waals surface area contributed by atoms with E-state index in [1.807, 2.05) is 31.2 Å². The summed E-state index contributed by atoms with van der Waals surface area (Å²) in [6.07, 6.45) is 3.74. The highest BCUT2D eigenvalue weighted by atomic mass is 35.5. The number of amides is 1. The van der Waals surface area contributed by atoms with Crippen LogP contribution >= 0.6 is 12.4 Å². The maximum atomic E-state index is 12.3. The van der Waals surface area contributed by atoms with Crippen LogP contribution < -0.4 is 10.6 Å². The predicted molar refractivity (Wildman–Crippen MR) is 91.3 cm³/mol. The summed E-state index contributed by atoms with van der Waals surface area (Å²) in [4.78, 5) is 12.3. The fraction of sp³-hybridized carbons (Fsp3) is 0.438. The van der Waals surface area contributed by atoms with Crippen LogP contribution in [0.25, 0.3) is 5.69 Å². The maximum absolute atomic E-state index is 12.3. The SMILES string of the molecule is Cc1cccc(-n2cc(C(=O)NC3CCCNC3C)nn2)c1.Cl. The number of carbonyl (C=O) groups is 1. The van der Waals surface area contributed by atoms with E-state index in [0.29, 0.717) is 5.69 Å². The number of hydrogen-bond acceptors (Lipinski definition) is 4. The van der Waals surface area contributed by atoms with Gasteiger partial charge in [-0.2, -0.15) is 0 Å². The van der Waals surface area contributed by atoms with Crippen LogP contribution in [-0.2, 0) is 0 Å². The number of hydrogen-bond donors (Lipinski definition) is 2. The number of halogens is 1. The van der Waals surface area contributed by atoms with Gasteiger partial charge in [0.2, 0.25) is 0 Å².